The molecule has 102 valence electrons. The number of nitrogens with one attached hydrogen (secondary N) is 2. The molecule has 1 amide bonds. The van der Waals surface area contributed by atoms with Crippen molar-refractivity contribution in [3.8, 4) is 6.07 Å². The first-order chi connectivity index (χ1) is 8.93. The van der Waals surface area contributed by atoms with Crippen LogP contribution >= 0.6 is 0 Å². The third-order valence-corrected chi connectivity index (χ3v) is 2.63. The molecule has 0 aromatic heterocycles. The van der Waals surface area contributed by atoms with E-state index in [0.717, 1.165) is 0 Å². The number of nitrogens with zero attached hydrogens (tertiary/aromatic N) is 1. The SMILES string of the molecule is CC(C)CNC(=O)C(C)Nc1ccc(C#N)cc1N. The predicted molar refractivity (Wildman–Crippen MR) is 76.5 cm³/mol. The molecule has 5 heteroatoms. The van der Waals surface area contributed by atoms with Gasteiger partial charge in [-0.15, -0.1) is 0 Å². The number of nitriles is 1. The zero-order chi connectivity index (χ0) is 14.4. The monoisotopic (exact) mass is 260 g/mol. The number of carbonyl (C=O) groups is 1. The summed E-state index contributed by atoms with van der Waals surface area (Å²) < 4.78 is 0. The Balaban J connectivity index is 2.64. The van der Waals surface area contributed by atoms with E-state index >= 15 is 0 Å². The summed E-state index contributed by atoms with van der Waals surface area (Å²) in [6, 6.07) is 6.59. The summed E-state index contributed by atoms with van der Waals surface area (Å²) in [5.41, 5.74) is 7.44. The summed E-state index contributed by atoms with van der Waals surface area (Å²) in [5, 5.41) is 14.6. The Hall–Kier alpha value is -2.22. The van der Waals surface area contributed by atoms with Gasteiger partial charge in [0.25, 0.3) is 0 Å². The fourth-order valence-electron chi connectivity index (χ4n) is 1.52. The van der Waals surface area contributed by atoms with Crippen molar-refractivity contribution in [2.45, 2.75) is 26.8 Å². The zero-order valence-corrected chi connectivity index (χ0v) is 11.5. The Morgan fingerprint density at radius 3 is 2.63 bits per heavy atom. The Kier molecular flexibility index (Phi) is 5.19. The molecule has 0 heterocycles. The quantitative estimate of drug-likeness (QED) is 0.703. The molecule has 0 aliphatic carbocycles. The van der Waals surface area contributed by atoms with Crippen LogP contribution in [-0.4, -0.2) is 18.5 Å². The Morgan fingerprint density at radius 2 is 2.11 bits per heavy atom. The molecule has 1 rings (SSSR count). The van der Waals surface area contributed by atoms with E-state index in [1.807, 2.05) is 19.9 Å². The minimum atomic E-state index is -0.381. The maximum Gasteiger partial charge on any atom is 0.242 e. The molecule has 5 nitrogen and oxygen atoms in total. The number of amides is 1. The molecule has 1 aromatic carbocycles. The molecule has 19 heavy (non-hydrogen) atoms. The van der Waals surface area contributed by atoms with Crippen molar-refractivity contribution in [1.82, 2.24) is 5.32 Å². The fraction of sp³-hybridized carbons (Fsp3) is 0.429. The number of benzene rings is 1. The molecule has 0 radical (unpaired) electrons. The van der Waals surface area contributed by atoms with E-state index in [9.17, 15) is 4.79 Å². The second-order valence-electron chi connectivity index (χ2n) is 4.92. The lowest BCUT2D eigenvalue weighted by Crippen LogP contribution is -2.39. The topological polar surface area (TPSA) is 90.9 Å². The summed E-state index contributed by atoms with van der Waals surface area (Å²) in [5.74, 6) is 0.341. The minimum absolute atomic E-state index is 0.0718. The van der Waals surface area contributed by atoms with Gasteiger partial charge in [-0.2, -0.15) is 5.26 Å². The van der Waals surface area contributed by atoms with Gasteiger partial charge in [0.2, 0.25) is 5.91 Å². The zero-order valence-electron chi connectivity index (χ0n) is 11.5. The molecule has 0 bridgehead atoms. The predicted octanol–water partition coefficient (Wildman–Crippen LogP) is 1.71. The third-order valence-electron chi connectivity index (χ3n) is 2.63. The normalized spacial score (nSPS) is 11.7. The Labute approximate surface area is 113 Å². The lowest BCUT2D eigenvalue weighted by atomic mass is 10.1. The van der Waals surface area contributed by atoms with Crippen molar-refractivity contribution in [2.75, 3.05) is 17.6 Å². The largest absolute Gasteiger partial charge is 0.397 e. The highest BCUT2D eigenvalue weighted by atomic mass is 16.2. The van der Waals surface area contributed by atoms with Crippen molar-refractivity contribution in [1.29, 1.82) is 5.26 Å². The van der Waals surface area contributed by atoms with Crippen molar-refractivity contribution >= 4 is 17.3 Å². The molecule has 0 saturated heterocycles. The van der Waals surface area contributed by atoms with Gasteiger partial charge in [-0.3, -0.25) is 4.79 Å². The smallest absolute Gasteiger partial charge is 0.242 e. The van der Waals surface area contributed by atoms with Crippen molar-refractivity contribution in [3.05, 3.63) is 23.8 Å². The second kappa shape index (κ2) is 6.64. The summed E-state index contributed by atoms with van der Waals surface area (Å²) in [4.78, 5) is 11.8. The molecule has 0 saturated carbocycles. The molecule has 1 atom stereocenters. The summed E-state index contributed by atoms with van der Waals surface area (Å²) in [6.07, 6.45) is 0. The summed E-state index contributed by atoms with van der Waals surface area (Å²) >= 11 is 0. The first-order valence-corrected chi connectivity index (χ1v) is 6.28. The van der Waals surface area contributed by atoms with E-state index in [4.69, 9.17) is 11.0 Å². The first kappa shape index (κ1) is 14.8. The molecule has 0 fully saturated rings. The summed E-state index contributed by atoms with van der Waals surface area (Å²) in [6.45, 7) is 6.50. The van der Waals surface area contributed by atoms with E-state index in [1.165, 1.54) is 0 Å². The van der Waals surface area contributed by atoms with Crippen LogP contribution in [0.5, 0.6) is 0 Å². The van der Waals surface area contributed by atoms with Crippen LogP contribution in [0.1, 0.15) is 26.3 Å². The van der Waals surface area contributed by atoms with Gasteiger partial charge < -0.3 is 16.4 Å². The van der Waals surface area contributed by atoms with Crippen LogP contribution in [0.15, 0.2) is 18.2 Å². The van der Waals surface area contributed by atoms with E-state index < -0.39 is 0 Å². The molecule has 0 spiro atoms. The van der Waals surface area contributed by atoms with Crippen LogP contribution < -0.4 is 16.4 Å². The van der Waals surface area contributed by atoms with Gasteiger partial charge in [0.05, 0.1) is 23.0 Å². The van der Waals surface area contributed by atoms with Crippen molar-refractivity contribution in [2.24, 2.45) is 5.92 Å². The average molecular weight is 260 g/mol. The minimum Gasteiger partial charge on any atom is -0.397 e. The standard InChI is InChI=1S/C14H20N4O/c1-9(2)8-17-14(19)10(3)18-13-5-4-11(7-15)6-12(13)16/h4-6,9-10,18H,8,16H2,1-3H3,(H,17,19). The van der Waals surface area contributed by atoms with Crippen molar-refractivity contribution < 1.29 is 4.79 Å². The van der Waals surface area contributed by atoms with Crippen LogP contribution in [0.4, 0.5) is 11.4 Å². The number of carbonyl (C=O) groups excluding carboxylic acids is 1. The highest BCUT2D eigenvalue weighted by Crippen LogP contribution is 2.20. The number of nitrogen functional groups attached to an aromatic ring is 1. The van der Waals surface area contributed by atoms with E-state index in [-0.39, 0.29) is 11.9 Å². The van der Waals surface area contributed by atoms with Gasteiger partial charge in [0.1, 0.15) is 6.04 Å². The summed E-state index contributed by atoms with van der Waals surface area (Å²) in [7, 11) is 0. The maximum absolute atomic E-state index is 11.8. The number of nitrogens with two attached hydrogens (primary N) is 1. The maximum atomic E-state index is 11.8. The molecule has 1 unspecified atom stereocenters. The Bertz CT molecular complexity index is 491. The van der Waals surface area contributed by atoms with Gasteiger partial charge in [0.15, 0.2) is 0 Å². The molecule has 1 aromatic rings. The van der Waals surface area contributed by atoms with Crippen LogP contribution in [-0.2, 0) is 4.79 Å². The van der Waals surface area contributed by atoms with Gasteiger partial charge in [-0.05, 0) is 31.0 Å². The van der Waals surface area contributed by atoms with Crippen LogP contribution in [0, 0.1) is 17.2 Å². The number of hydrogen-bond donors (Lipinski definition) is 3. The number of anilines is 2. The number of hydrogen-bond acceptors (Lipinski definition) is 4. The van der Waals surface area contributed by atoms with Gasteiger partial charge >= 0.3 is 0 Å². The fourth-order valence-corrected chi connectivity index (χ4v) is 1.52. The highest BCUT2D eigenvalue weighted by Gasteiger charge is 2.13. The van der Waals surface area contributed by atoms with Crippen LogP contribution in [0.2, 0.25) is 0 Å². The third kappa shape index (κ3) is 4.51. The van der Waals surface area contributed by atoms with E-state index in [2.05, 4.69) is 10.6 Å². The van der Waals surface area contributed by atoms with E-state index in [0.29, 0.717) is 29.4 Å². The highest BCUT2D eigenvalue weighted by molar-refractivity contribution is 5.85. The molecule has 0 aliphatic heterocycles. The van der Waals surface area contributed by atoms with E-state index in [1.54, 1.807) is 25.1 Å². The lowest BCUT2D eigenvalue weighted by Gasteiger charge is -2.17. The average Bonchev–Trinajstić information content (AvgIpc) is 2.37. The Morgan fingerprint density at radius 1 is 1.42 bits per heavy atom. The van der Waals surface area contributed by atoms with Gasteiger partial charge in [0, 0.05) is 6.54 Å². The lowest BCUT2D eigenvalue weighted by molar-refractivity contribution is -0.121. The van der Waals surface area contributed by atoms with Gasteiger partial charge in [-0.1, -0.05) is 13.8 Å². The first-order valence-electron chi connectivity index (χ1n) is 6.28. The van der Waals surface area contributed by atoms with Crippen molar-refractivity contribution in [3.63, 3.8) is 0 Å². The second-order valence-corrected chi connectivity index (χ2v) is 4.92. The molecule has 0 aliphatic rings. The molecule has 4 N–H and O–H groups in total. The van der Waals surface area contributed by atoms with Crippen LogP contribution in [0.25, 0.3) is 0 Å². The van der Waals surface area contributed by atoms with Gasteiger partial charge in [-0.25, -0.2) is 0 Å². The molecular formula is C14H20N4O. The number of rotatable bonds is 5. The van der Waals surface area contributed by atoms with Crippen LogP contribution in [0.3, 0.4) is 0 Å². The molecular weight excluding hydrogens is 240 g/mol.